The highest BCUT2D eigenvalue weighted by molar-refractivity contribution is 7.13. The molecule has 0 unspecified atom stereocenters. The third kappa shape index (κ3) is 3.24. The molecule has 1 aromatic carbocycles. The first-order valence-electron chi connectivity index (χ1n) is 6.26. The minimum absolute atomic E-state index is 0.0312. The molecule has 0 fully saturated rings. The van der Waals surface area contributed by atoms with Crippen molar-refractivity contribution in [1.82, 2.24) is 10.1 Å². The van der Waals surface area contributed by atoms with Gasteiger partial charge in [0.05, 0.1) is 28.7 Å². The van der Waals surface area contributed by atoms with Crippen LogP contribution in [0.1, 0.15) is 11.4 Å². The molecule has 0 amide bonds. The van der Waals surface area contributed by atoms with E-state index in [-0.39, 0.29) is 6.61 Å². The molecule has 21 heavy (non-hydrogen) atoms. The van der Waals surface area contributed by atoms with Crippen molar-refractivity contribution in [2.75, 3.05) is 5.32 Å². The van der Waals surface area contributed by atoms with Crippen molar-refractivity contribution in [3.63, 3.8) is 0 Å². The van der Waals surface area contributed by atoms with E-state index in [0.717, 1.165) is 16.1 Å². The Morgan fingerprint density at radius 2 is 2.24 bits per heavy atom. The molecule has 2 heterocycles. The summed E-state index contributed by atoms with van der Waals surface area (Å²) in [7, 11) is 0. The van der Waals surface area contributed by atoms with Gasteiger partial charge in [0.2, 0.25) is 0 Å². The van der Waals surface area contributed by atoms with Crippen LogP contribution >= 0.6 is 22.9 Å². The summed E-state index contributed by atoms with van der Waals surface area (Å²) in [5.74, 6) is 1.06. The number of aliphatic hydroxyl groups excluding tert-OH is 1. The summed E-state index contributed by atoms with van der Waals surface area (Å²) in [6.45, 7) is 0.361. The van der Waals surface area contributed by atoms with Crippen LogP contribution in [0.25, 0.3) is 10.8 Å². The number of rotatable bonds is 5. The fourth-order valence-corrected chi connectivity index (χ4v) is 2.64. The van der Waals surface area contributed by atoms with E-state index >= 15 is 0 Å². The summed E-state index contributed by atoms with van der Waals surface area (Å²) < 4.78 is 5.21. The molecule has 0 spiro atoms. The van der Waals surface area contributed by atoms with E-state index in [2.05, 4.69) is 15.5 Å². The van der Waals surface area contributed by atoms with Gasteiger partial charge in [0, 0.05) is 0 Å². The zero-order valence-corrected chi connectivity index (χ0v) is 12.5. The highest BCUT2D eigenvalue weighted by Crippen LogP contribution is 2.25. The number of hydrogen-bond acceptors (Lipinski definition) is 6. The molecule has 0 saturated heterocycles. The topological polar surface area (TPSA) is 71.2 Å². The van der Waals surface area contributed by atoms with Gasteiger partial charge in [-0.2, -0.15) is 4.98 Å². The largest absolute Gasteiger partial charge is 0.392 e. The standard InChI is InChI=1S/C14H12ClN3O2S/c15-10-4-3-9(8-19)6-11(10)16-7-13-17-14(20-18-13)12-2-1-5-21-12/h1-6,16,19H,7-8H2. The summed E-state index contributed by atoms with van der Waals surface area (Å²) in [6.07, 6.45) is 0. The monoisotopic (exact) mass is 321 g/mol. The van der Waals surface area contributed by atoms with Gasteiger partial charge in [0.25, 0.3) is 5.89 Å². The van der Waals surface area contributed by atoms with E-state index in [1.54, 1.807) is 29.5 Å². The van der Waals surface area contributed by atoms with Crippen LogP contribution in [0, 0.1) is 0 Å². The van der Waals surface area contributed by atoms with Gasteiger partial charge < -0.3 is 14.9 Å². The Bertz CT molecular complexity index is 728. The fraction of sp³-hybridized carbons (Fsp3) is 0.143. The minimum Gasteiger partial charge on any atom is -0.392 e. The van der Waals surface area contributed by atoms with Crippen LogP contribution in [-0.2, 0) is 13.2 Å². The average Bonchev–Trinajstić information content (AvgIpc) is 3.17. The number of nitrogens with one attached hydrogen (secondary N) is 1. The number of anilines is 1. The molecule has 3 rings (SSSR count). The van der Waals surface area contributed by atoms with Crippen LogP contribution in [0.4, 0.5) is 5.69 Å². The van der Waals surface area contributed by atoms with E-state index in [1.165, 1.54) is 0 Å². The van der Waals surface area contributed by atoms with Gasteiger partial charge in [-0.3, -0.25) is 0 Å². The Balaban J connectivity index is 1.71. The summed E-state index contributed by atoms with van der Waals surface area (Å²) in [5.41, 5.74) is 1.51. The van der Waals surface area contributed by atoms with Crippen molar-refractivity contribution in [3.05, 3.63) is 52.1 Å². The molecular weight excluding hydrogens is 310 g/mol. The average molecular weight is 322 g/mol. The Morgan fingerprint density at radius 1 is 1.33 bits per heavy atom. The molecule has 7 heteroatoms. The molecule has 0 atom stereocenters. The van der Waals surface area contributed by atoms with Crippen molar-refractivity contribution in [3.8, 4) is 10.8 Å². The maximum atomic E-state index is 9.14. The molecule has 0 aliphatic rings. The Hall–Kier alpha value is -1.89. The lowest BCUT2D eigenvalue weighted by Crippen LogP contribution is -2.02. The predicted molar refractivity (Wildman–Crippen MR) is 82.3 cm³/mol. The minimum atomic E-state index is -0.0312. The summed E-state index contributed by atoms with van der Waals surface area (Å²) in [6, 6.07) is 9.17. The van der Waals surface area contributed by atoms with Gasteiger partial charge in [0.1, 0.15) is 0 Å². The molecular formula is C14H12ClN3O2S. The number of halogens is 1. The fourth-order valence-electron chi connectivity index (χ4n) is 1.81. The maximum Gasteiger partial charge on any atom is 0.268 e. The zero-order valence-electron chi connectivity index (χ0n) is 10.9. The predicted octanol–water partition coefficient (Wildman–Crippen LogP) is 3.56. The van der Waals surface area contributed by atoms with Gasteiger partial charge in [-0.1, -0.05) is 28.9 Å². The van der Waals surface area contributed by atoms with Gasteiger partial charge in [0.15, 0.2) is 5.82 Å². The lowest BCUT2D eigenvalue weighted by molar-refractivity contribution is 0.282. The van der Waals surface area contributed by atoms with E-state index in [0.29, 0.717) is 23.3 Å². The van der Waals surface area contributed by atoms with Crippen LogP contribution < -0.4 is 5.32 Å². The number of nitrogens with zero attached hydrogens (tertiary/aromatic N) is 2. The number of benzene rings is 1. The highest BCUT2D eigenvalue weighted by Gasteiger charge is 2.10. The second-order valence-electron chi connectivity index (χ2n) is 4.32. The maximum absolute atomic E-state index is 9.14. The summed E-state index contributed by atoms with van der Waals surface area (Å²) >= 11 is 7.64. The third-order valence-electron chi connectivity index (χ3n) is 2.85. The van der Waals surface area contributed by atoms with Crippen molar-refractivity contribution in [2.45, 2.75) is 13.2 Å². The van der Waals surface area contributed by atoms with Gasteiger partial charge >= 0.3 is 0 Å². The van der Waals surface area contributed by atoms with Crippen LogP contribution in [0.5, 0.6) is 0 Å². The van der Waals surface area contributed by atoms with Crippen LogP contribution in [-0.4, -0.2) is 15.2 Å². The van der Waals surface area contributed by atoms with E-state index < -0.39 is 0 Å². The van der Waals surface area contributed by atoms with Gasteiger partial charge in [-0.05, 0) is 29.1 Å². The number of aromatic nitrogens is 2. The normalized spacial score (nSPS) is 10.8. The summed E-state index contributed by atoms with van der Waals surface area (Å²) in [5, 5.41) is 18.7. The SMILES string of the molecule is OCc1ccc(Cl)c(NCc2noc(-c3cccs3)n2)c1. The molecule has 2 aromatic heterocycles. The lowest BCUT2D eigenvalue weighted by Gasteiger charge is -2.07. The van der Waals surface area contributed by atoms with Gasteiger partial charge in [-0.25, -0.2) is 0 Å². The quantitative estimate of drug-likeness (QED) is 0.752. The van der Waals surface area contributed by atoms with Crippen LogP contribution in [0.3, 0.4) is 0 Å². The second kappa shape index (κ2) is 6.26. The Labute approximate surface area is 130 Å². The van der Waals surface area contributed by atoms with Crippen LogP contribution in [0.15, 0.2) is 40.2 Å². The molecule has 3 aromatic rings. The smallest absolute Gasteiger partial charge is 0.268 e. The molecule has 108 valence electrons. The second-order valence-corrected chi connectivity index (χ2v) is 5.67. The van der Waals surface area contributed by atoms with Crippen molar-refractivity contribution >= 4 is 28.6 Å². The molecule has 0 bridgehead atoms. The molecule has 2 N–H and O–H groups in total. The number of hydrogen-bond donors (Lipinski definition) is 2. The molecule has 5 nitrogen and oxygen atoms in total. The Kier molecular flexibility index (Phi) is 4.19. The third-order valence-corrected chi connectivity index (χ3v) is 4.04. The summed E-state index contributed by atoms with van der Waals surface area (Å²) in [4.78, 5) is 5.26. The Morgan fingerprint density at radius 3 is 3.00 bits per heavy atom. The number of aliphatic hydroxyl groups is 1. The van der Waals surface area contributed by atoms with Gasteiger partial charge in [-0.15, -0.1) is 11.3 Å². The molecule has 0 aliphatic heterocycles. The van der Waals surface area contributed by atoms with Crippen molar-refractivity contribution in [1.29, 1.82) is 0 Å². The zero-order chi connectivity index (χ0) is 14.7. The first-order valence-corrected chi connectivity index (χ1v) is 7.51. The first-order chi connectivity index (χ1) is 10.3. The molecule has 0 aliphatic carbocycles. The van der Waals surface area contributed by atoms with E-state index in [9.17, 15) is 0 Å². The van der Waals surface area contributed by atoms with Crippen molar-refractivity contribution in [2.24, 2.45) is 0 Å². The first kappa shape index (κ1) is 14.1. The van der Waals surface area contributed by atoms with E-state index in [1.807, 2.05) is 17.5 Å². The lowest BCUT2D eigenvalue weighted by atomic mass is 10.2. The molecule has 0 saturated carbocycles. The van der Waals surface area contributed by atoms with Crippen molar-refractivity contribution < 1.29 is 9.63 Å². The highest BCUT2D eigenvalue weighted by atomic mass is 35.5. The van der Waals surface area contributed by atoms with Crippen LogP contribution in [0.2, 0.25) is 5.02 Å². The number of thiophene rings is 1. The van der Waals surface area contributed by atoms with E-state index in [4.69, 9.17) is 21.2 Å². The molecule has 0 radical (unpaired) electrons.